The fourth-order valence-electron chi connectivity index (χ4n) is 2.79. The normalized spacial score (nSPS) is 14.7. The number of rotatable bonds is 3. The molecule has 0 aliphatic carbocycles. The van der Waals surface area contributed by atoms with E-state index >= 15 is 0 Å². The number of hydrogen-bond acceptors (Lipinski definition) is 2. The second-order valence-electron chi connectivity index (χ2n) is 5.49. The van der Waals surface area contributed by atoms with E-state index < -0.39 is 0 Å². The first-order chi connectivity index (χ1) is 10.0. The molecule has 0 radical (unpaired) electrons. The van der Waals surface area contributed by atoms with Crippen molar-refractivity contribution in [3.05, 3.63) is 62.9 Å². The summed E-state index contributed by atoms with van der Waals surface area (Å²) in [6.45, 7) is 2.64. The van der Waals surface area contributed by atoms with Crippen molar-refractivity contribution >= 4 is 15.9 Å². The number of nitrogens with two attached hydrogens (primary N) is 1. The summed E-state index contributed by atoms with van der Waals surface area (Å²) in [4.78, 5) is 0. The number of halogens is 2. The minimum absolute atomic E-state index is 0.249. The van der Waals surface area contributed by atoms with E-state index in [9.17, 15) is 4.39 Å². The lowest BCUT2D eigenvalue weighted by Crippen LogP contribution is -2.15. The molecule has 0 fully saturated rings. The van der Waals surface area contributed by atoms with Gasteiger partial charge in [0.2, 0.25) is 0 Å². The van der Waals surface area contributed by atoms with Crippen molar-refractivity contribution in [2.45, 2.75) is 25.8 Å². The molecule has 21 heavy (non-hydrogen) atoms. The number of ether oxygens (including phenoxy) is 1. The molecule has 1 heterocycles. The lowest BCUT2D eigenvalue weighted by molar-refractivity contribution is 0.352. The summed E-state index contributed by atoms with van der Waals surface area (Å²) in [5, 5.41) is 0. The Morgan fingerprint density at radius 2 is 2.14 bits per heavy atom. The van der Waals surface area contributed by atoms with Gasteiger partial charge in [-0.3, -0.25) is 0 Å². The fraction of sp³-hybridized carbons (Fsp3) is 0.294. The van der Waals surface area contributed by atoms with Gasteiger partial charge in [-0.2, -0.15) is 0 Å². The van der Waals surface area contributed by atoms with Crippen LogP contribution in [0.4, 0.5) is 4.39 Å². The second-order valence-corrected chi connectivity index (χ2v) is 6.40. The van der Waals surface area contributed by atoms with E-state index in [1.807, 2.05) is 19.1 Å². The van der Waals surface area contributed by atoms with Gasteiger partial charge in [-0.05, 0) is 42.7 Å². The molecule has 2 nitrogen and oxygen atoms in total. The summed E-state index contributed by atoms with van der Waals surface area (Å²) in [5.74, 6) is 0.669. The van der Waals surface area contributed by atoms with Crippen LogP contribution in [0.15, 0.2) is 34.8 Å². The molecule has 2 aromatic carbocycles. The Labute approximate surface area is 132 Å². The number of hydrogen-bond donors (Lipinski definition) is 1. The molecule has 0 aromatic heterocycles. The Kier molecular flexibility index (Phi) is 4.00. The molecule has 1 unspecified atom stereocenters. The average molecular weight is 350 g/mol. The van der Waals surface area contributed by atoms with Gasteiger partial charge in [0.1, 0.15) is 11.6 Å². The van der Waals surface area contributed by atoms with Crippen LogP contribution in [-0.4, -0.2) is 6.61 Å². The average Bonchev–Trinajstić information content (AvgIpc) is 2.89. The summed E-state index contributed by atoms with van der Waals surface area (Å²) < 4.78 is 20.7. The van der Waals surface area contributed by atoms with Crippen molar-refractivity contribution in [1.29, 1.82) is 0 Å². The largest absolute Gasteiger partial charge is 0.493 e. The lowest BCUT2D eigenvalue weighted by Gasteiger charge is -2.16. The van der Waals surface area contributed by atoms with Crippen LogP contribution in [-0.2, 0) is 12.8 Å². The number of aryl methyl sites for hydroxylation is 1. The monoisotopic (exact) mass is 349 g/mol. The molecule has 4 heteroatoms. The Morgan fingerprint density at radius 3 is 2.95 bits per heavy atom. The molecule has 110 valence electrons. The van der Waals surface area contributed by atoms with Gasteiger partial charge in [-0.25, -0.2) is 4.39 Å². The minimum Gasteiger partial charge on any atom is -0.493 e. The standard InChI is InChI=1S/C17H17BrFNO/c1-10-2-3-15(19)14(6-10)16(20)9-12-8-13(18)7-11-4-5-21-17(11)12/h2-3,6-8,16H,4-5,9,20H2,1H3. The van der Waals surface area contributed by atoms with Gasteiger partial charge in [0.25, 0.3) is 0 Å². The van der Waals surface area contributed by atoms with E-state index in [-0.39, 0.29) is 11.9 Å². The highest BCUT2D eigenvalue weighted by atomic mass is 79.9. The van der Waals surface area contributed by atoms with Gasteiger partial charge < -0.3 is 10.5 Å². The SMILES string of the molecule is Cc1ccc(F)c(C(N)Cc2cc(Br)cc3c2OCC3)c1. The van der Waals surface area contributed by atoms with Crippen LogP contribution in [0.25, 0.3) is 0 Å². The predicted octanol–water partition coefficient (Wildman–Crippen LogP) is 4.07. The van der Waals surface area contributed by atoms with Crippen LogP contribution >= 0.6 is 15.9 Å². The van der Waals surface area contributed by atoms with Crippen LogP contribution in [0.5, 0.6) is 5.75 Å². The summed E-state index contributed by atoms with van der Waals surface area (Å²) in [6.07, 6.45) is 1.47. The van der Waals surface area contributed by atoms with Crippen molar-refractivity contribution in [3.8, 4) is 5.75 Å². The Hall–Kier alpha value is -1.39. The van der Waals surface area contributed by atoms with Gasteiger partial charge in [-0.15, -0.1) is 0 Å². The van der Waals surface area contributed by atoms with Crippen molar-refractivity contribution < 1.29 is 9.13 Å². The van der Waals surface area contributed by atoms with Gasteiger partial charge in [0.15, 0.2) is 0 Å². The van der Waals surface area contributed by atoms with Gasteiger partial charge in [-0.1, -0.05) is 33.6 Å². The minimum atomic E-state index is -0.382. The van der Waals surface area contributed by atoms with E-state index in [0.717, 1.165) is 27.8 Å². The molecule has 1 aliphatic rings. The molecule has 2 N–H and O–H groups in total. The summed E-state index contributed by atoms with van der Waals surface area (Å²) in [5.41, 5.74) is 10.0. The molecule has 3 rings (SSSR count). The predicted molar refractivity (Wildman–Crippen MR) is 85.1 cm³/mol. The maximum absolute atomic E-state index is 14.0. The second kappa shape index (κ2) is 5.78. The Bertz CT molecular complexity index is 687. The van der Waals surface area contributed by atoms with Crippen LogP contribution in [0, 0.1) is 12.7 Å². The van der Waals surface area contributed by atoms with E-state index in [1.165, 1.54) is 11.6 Å². The summed E-state index contributed by atoms with van der Waals surface area (Å²) >= 11 is 3.52. The smallest absolute Gasteiger partial charge is 0.128 e. The molecular weight excluding hydrogens is 333 g/mol. The van der Waals surface area contributed by atoms with Crippen molar-refractivity contribution in [1.82, 2.24) is 0 Å². The molecule has 1 aliphatic heterocycles. The van der Waals surface area contributed by atoms with Gasteiger partial charge in [0, 0.05) is 22.5 Å². The molecule has 0 bridgehead atoms. The third-order valence-corrected chi connectivity index (χ3v) is 4.27. The van der Waals surface area contributed by atoms with Crippen molar-refractivity contribution in [2.24, 2.45) is 5.73 Å². The van der Waals surface area contributed by atoms with Crippen LogP contribution in [0.2, 0.25) is 0 Å². The number of benzene rings is 2. The van der Waals surface area contributed by atoms with Crippen molar-refractivity contribution in [2.75, 3.05) is 6.61 Å². The van der Waals surface area contributed by atoms with E-state index in [2.05, 4.69) is 22.0 Å². The van der Waals surface area contributed by atoms with Crippen LogP contribution < -0.4 is 10.5 Å². The zero-order valence-electron chi connectivity index (χ0n) is 11.8. The van der Waals surface area contributed by atoms with Crippen LogP contribution in [0.1, 0.15) is 28.3 Å². The maximum atomic E-state index is 14.0. The lowest BCUT2D eigenvalue weighted by atomic mass is 9.96. The Balaban J connectivity index is 1.92. The maximum Gasteiger partial charge on any atom is 0.128 e. The quantitative estimate of drug-likeness (QED) is 0.906. The highest BCUT2D eigenvalue weighted by Gasteiger charge is 2.20. The fourth-order valence-corrected chi connectivity index (χ4v) is 3.34. The molecular formula is C17H17BrFNO. The molecule has 1 atom stereocenters. The highest BCUT2D eigenvalue weighted by molar-refractivity contribution is 9.10. The van der Waals surface area contributed by atoms with E-state index in [1.54, 1.807) is 6.07 Å². The first kappa shape index (κ1) is 14.5. The summed E-state index contributed by atoms with van der Waals surface area (Å²) in [6, 6.07) is 8.76. The molecule has 0 spiro atoms. The van der Waals surface area contributed by atoms with Gasteiger partial charge >= 0.3 is 0 Å². The topological polar surface area (TPSA) is 35.2 Å². The first-order valence-electron chi connectivity index (χ1n) is 7.00. The third-order valence-electron chi connectivity index (χ3n) is 3.82. The zero-order valence-corrected chi connectivity index (χ0v) is 13.4. The number of fused-ring (bicyclic) bond motifs is 1. The highest BCUT2D eigenvalue weighted by Crippen LogP contribution is 2.35. The first-order valence-corrected chi connectivity index (χ1v) is 7.79. The molecule has 2 aromatic rings. The third kappa shape index (κ3) is 2.97. The molecule has 0 amide bonds. The molecule has 0 saturated heterocycles. The Morgan fingerprint density at radius 1 is 1.33 bits per heavy atom. The van der Waals surface area contributed by atoms with Crippen molar-refractivity contribution in [3.63, 3.8) is 0 Å². The van der Waals surface area contributed by atoms with Gasteiger partial charge in [0.05, 0.1) is 6.61 Å². The van der Waals surface area contributed by atoms with E-state index in [0.29, 0.717) is 18.6 Å². The van der Waals surface area contributed by atoms with E-state index in [4.69, 9.17) is 10.5 Å². The zero-order chi connectivity index (χ0) is 15.0. The molecule has 0 saturated carbocycles. The van der Waals surface area contributed by atoms with Crippen LogP contribution in [0.3, 0.4) is 0 Å². The summed E-state index contributed by atoms with van der Waals surface area (Å²) in [7, 11) is 0.